The summed E-state index contributed by atoms with van der Waals surface area (Å²) in [6, 6.07) is 5.96. The van der Waals surface area contributed by atoms with Gasteiger partial charge in [-0.3, -0.25) is 4.99 Å². The molecule has 1 aliphatic rings. The molecule has 1 saturated heterocycles. The Bertz CT molecular complexity index is 802. The molecule has 1 aromatic heterocycles. The van der Waals surface area contributed by atoms with E-state index in [-0.39, 0.29) is 0 Å². The van der Waals surface area contributed by atoms with Crippen molar-refractivity contribution < 1.29 is 14.2 Å². The van der Waals surface area contributed by atoms with Crippen molar-refractivity contribution in [3.05, 3.63) is 36.9 Å². The molecule has 1 N–H and O–H groups in total. The van der Waals surface area contributed by atoms with Gasteiger partial charge in [0.2, 0.25) is 0 Å². The van der Waals surface area contributed by atoms with Gasteiger partial charge in [0.1, 0.15) is 17.2 Å². The Morgan fingerprint density at radius 3 is 2.58 bits per heavy atom. The number of rotatable bonds is 9. The van der Waals surface area contributed by atoms with Crippen LogP contribution in [0.4, 0.5) is 0 Å². The normalized spacial score (nSPS) is 19.2. The zero-order valence-electron chi connectivity index (χ0n) is 19.1. The number of nitrogens with zero attached hydrogens (tertiary/aromatic N) is 4. The second-order valence-electron chi connectivity index (χ2n) is 7.78. The SMILES string of the molecule is CCNC(=NCCCOc1cc(OC)cc(OC)c1)N1CCC(C)C(n2ccnc2)C1. The minimum Gasteiger partial charge on any atom is -0.496 e. The topological polar surface area (TPSA) is 73.1 Å². The lowest BCUT2D eigenvalue weighted by Crippen LogP contribution is -2.49. The van der Waals surface area contributed by atoms with Crippen molar-refractivity contribution in [3.8, 4) is 17.2 Å². The smallest absolute Gasteiger partial charge is 0.193 e. The third kappa shape index (κ3) is 6.29. The average molecular weight is 430 g/mol. The van der Waals surface area contributed by atoms with E-state index >= 15 is 0 Å². The molecule has 0 aliphatic carbocycles. The number of likely N-dealkylation sites (tertiary alicyclic amines) is 1. The van der Waals surface area contributed by atoms with E-state index in [1.807, 2.05) is 30.7 Å². The van der Waals surface area contributed by atoms with E-state index in [4.69, 9.17) is 19.2 Å². The van der Waals surface area contributed by atoms with Gasteiger partial charge in [0.15, 0.2) is 5.96 Å². The van der Waals surface area contributed by atoms with Crippen molar-refractivity contribution in [3.63, 3.8) is 0 Å². The zero-order chi connectivity index (χ0) is 22.1. The highest BCUT2D eigenvalue weighted by atomic mass is 16.5. The van der Waals surface area contributed by atoms with Gasteiger partial charge in [0.05, 0.1) is 33.2 Å². The van der Waals surface area contributed by atoms with Crippen molar-refractivity contribution in [2.24, 2.45) is 10.9 Å². The van der Waals surface area contributed by atoms with Crippen LogP contribution < -0.4 is 19.5 Å². The van der Waals surface area contributed by atoms with Crippen molar-refractivity contribution in [2.75, 3.05) is 47.0 Å². The highest BCUT2D eigenvalue weighted by molar-refractivity contribution is 5.80. The first-order valence-electron chi connectivity index (χ1n) is 11.0. The first-order chi connectivity index (χ1) is 15.1. The number of nitrogens with one attached hydrogen (secondary N) is 1. The van der Waals surface area contributed by atoms with Crippen LogP contribution in [-0.4, -0.2) is 67.4 Å². The Balaban J connectivity index is 1.54. The Hall–Kier alpha value is -2.90. The van der Waals surface area contributed by atoms with Crippen molar-refractivity contribution in [1.29, 1.82) is 0 Å². The number of hydrogen-bond donors (Lipinski definition) is 1. The first-order valence-corrected chi connectivity index (χ1v) is 11.0. The number of ether oxygens (including phenoxy) is 3. The van der Waals surface area contributed by atoms with Gasteiger partial charge < -0.3 is 29.0 Å². The van der Waals surface area contributed by atoms with Gasteiger partial charge in [-0.2, -0.15) is 0 Å². The number of guanidine groups is 1. The number of hydrogen-bond acceptors (Lipinski definition) is 5. The lowest BCUT2D eigenvalue weighted by molar-refractivity contribution is 0.189. The third-order valence-corrected chi connectivity index (χ3v) is 5.62. The quantitative estimate of drug-likeness (QED) is 0.375. The summed E-state index contributed by atoms with van der Waals surface area (Å²) in [7, 11) is 3.27. The van der Waals surface area contributed by atoms with Crippen molar-refractivity contribution in [2.45, 2.75) is 32.7 Å². The van der Waals surface area contributed by atoms with E-state index < -0.39 is 0 Å². The van der Waals surface area contributed by atoms with E-state index in [0.29, 0.717) is 36.6 Å². The van der Waals surface area contributed by atoms with Crippen LogP contribution in [0, 0.1) is 5.92 Å². The molecule has 3 rings (SSSR count). The summed E-state index contributed by atoms with van der Waals surface area (Å²) in [6.45, 7) is 8.49. The fourth-order valence-corrected chi connectivity index (χ4v) is 3.83. The van der Waals surface area contributed by atoms with Crippen LogP contribution in [0.15, 0.2) is 41.9 Å². The number of aliphatic imine (C=N–C) groups is 1. The van der Waals surface area contributed by atoms with E-state index in [0.717, 1.165) is 44.2 Å². The van der Waals surface area contributed by atoms with Crippen LogP contribution in [0.1, 0.15) is 32.7 Å². The van der Waals surface area contributed by atoms with Gasteiger partial charge in [-0.05, 0) is 19.3 Å². The molecular weight excluding hydrogens is 394 g/mol. The van der Waals surface area contributed by atoms with Crippen LogP contribution in [0.3, 0.4) is 0 Å². The molecule has 8 heteroatoms. The lowest BCUT2D eigenvalue weighted by atomic mass is 9.93. The maximum Gasteiger partial charge on any atom is 0.193 e. The monoisotopic (exact) mass is 429 g/mol. The Kier molecular flexibility index (Phi) is 8.44. The summed E-state index contributed by atoms with van der Waals surface area (Å²) in [4.78, 5) is 11.4. The molecule has 0 bridgehead atoms. The Morgan fingerprint density at radius 2 is 1.94 bits per heavy atom. The zero-order valence-corrected chi connectivity index (χ0v) is 19.1. The molecule has 2 heterocycles. The predicted octanol–water partition coefficient (Wildman–Crippen LogP) is 3.22. The van der Waals surface area contributed by atoms with Crippen LogP contribution >= 0.6 is 0 Å². The van der Waals surface area contributed by atoms with E-state index in [2.05, 4.69) is 39.8 Å². The molecule has 31 heavy (non-hydrogen) atoms. The molecule has 1 fully saturated rings. The standard InChI is InChI=1S/C23H35N5O3/c1-5-25-23(27-10-7-18(2)22(16-27)28-11-9-24-17-28)26-8-6-12-31-21-14-19(29-3)13-20(15-21)30-4/h9,11,13-15,17-18,22H,5-8,10,12,16H2,1-4H3,(H,25,26). The molecule has 8 nitrogen and oxygen atoms in total. The van der Waals surface area contributed by atoms with Gasteiger partial charge in [-0.1, -0.05) is 6.92 Å². The van der Waals surface area contributed by atoms with Crippen LogP contribution in [0.25, 0.3) is 0 Å². The molecular formula is C23H35N5O3. The van der Waals surface area contributed by atoms with Gasteiger partial charge in [-0.25, -0.2) is 4.98 Å². The van der Waals surface area contributed by atoms with Crippen LogP contribution in [0.5, 0.6) is 17.2 Å². The van der Waals surface area contributed by atoms with Gasteiger partial charge in [0, 0.05) is 63.2 Å². The summed E-state index contributed by atoms with van der Waals surface area (Å²) in [6.07, 6.45) is 7.78. The minimum absolute atomic E-state index is 0.409. The van der Waals surface area contributed by atoms with Gasteiger partial charge in [0.25, 0.3) is 0 Å². The molecule has 0 amide bonds. The summed E-state index contributed by atoms with van der Waals surface area (Å²) < 4.78 is 18.7. The van der Waals surface area contributed by atoms with Gasteiger partial charge >= 0.3 is 0 Å². The maximum absolute atomic E-state index is 5.88. The molecule has 2 unspecified atom stereocenters. The van der Waals surface area contributed by atoms with E-state index in [1.165, 1.54) is 0 Å². The van der Waals surface area contributed by atoms with Crippen LogP contribution in [0.2, 0.25) is 0 Å². The van der Waals surface area contributed by atoms with E-state index in [9.17, 15) is 0 Å². The van der Waals surface area contributed by atoms with Crippen molar-refractivity contribution >= 4 is 5.96 Å². The molecule has 1 aromatic carbocycles. The maximum atomic E-state index is 5.88. The highest BCUT2D eigenvalue weighted by Gasteiger charge is 2.28. The molecule has 0 spiro atoms. The van der Waals surface area contributed by atoms with Gasteiger partial charge in [-0.15, -0.1) is 0 Å². The number of benzene rings is 1. The van der Waals surface area contributed by atoms with Crippen molar-refractivity contribution in [1.82, 2.24) is 19.8 Å². The number of piperidine rings is 1. The fraction of sp³-hybridized carbons (Fsp3) is 0.565. The summed E-state index contributed by atoms with van der Waals surface area (Å²) >= 11 is 0. The number of aromatic nitrogens is 2. The average Bonchev–Trinajstić information content (AvgIpc) is 3.33. The van der Waals surface area contributed by atoms with E-state index in [1.54, 1.807) is 14.2 Å². The minimum atomic E-state index is 0.409. The second-order valence-corrected chi connectivity index (χ2v) is 7.78. The largest absolute Gasteiger partial charge is 0.496 e. The number of methoxy groups -OCH3 is 2. The number of imidazole rings is 1. The molecule has 2 aromatic rings. The Morgan fingerprint density at radius 1 is 1.19 bits per heavy atom. The predicted molar refractivity (Wildman–Crippen MR) is 122 cm³/mol. The molecule has 2 atom stereocenters. The fourth-order valence-electron chi connectivity index (χ4n) is 3.83. The lowest BCUT2D eigenvalue weighted by Gasteiger charge is -2.39. The molecule has 0 saturated carbocycles. The summed E-state index contributed by atoms with van der Waals surface area (Å²) in [5, 5.41) is 3.45. The Labute approximate surface area is 185 Å². The first kappa shape index (κ1) is 22.8. The summed E-state index contributed by atoms with van der Waals surface area (Å²) in [5.41, 5.74) is 0. The molecule has 1 aliphatic heterocycles. The van der Waals surface area contributed by atoms with Crippen LogP contribution in [-0.2, 0) is 0 Å². The molecule has 170 valence electrons. The second kappa shape index (κ2) is 11.5. The summed E-state index contributed by atoms with van der Waals surface area (Å²) in [5.74, 6) is 3.76. The molecule has 0 radical (unpaired) electrons. The highest BCUT2D eigenvalue weighted by Crippen LogP contribution is 2.28. The third-order valence-electron chi connectivity index (χ3n) is 5.62.